The van der Waals surface area contributed by atoms with Gasteiger partial charge in [0, 0.05) is 12.7 Å². The zero-order valence-electron chi connectivity index (χ0n) is 16.7. The van der Waals surface area contributed by atoms with E-state index in [0.29, 0.717) is 11.4 Å². The fourth-order valence-corrected chi connectivity index (χ4v) is 3.90. The summed E-state index contributed by atoms with van der Waals surface area (Å²) in [7, 11) is 0.425. The highest BCUT2D eigenvalue weighted by molar-refractivity contribution is 7.89. The van der Waals surface area contributed by atoms with Crippen molar-refractivity contribution in [3.05, 3.63) is 48.0 Å². The molecule has 0 atom stereocenters. The summed E-state index contributed by atoms with van der Waals surface area (Å²) < 4.78 is 37.3. The number of benzene rings is 2. The number of carbonyl (C=O) groups is 1. The summed E-state index contributed by atoms with van der Waals surface area (Å²) in [6, 6.07) is 11.8. The molecule has 2 aromatic rings. The molecule has 0 radical (unpaired) electrons. The quantitative estimate of drug-likeness (QED) is 0.728. The predicted octanol–water partition coefficient (Wildman–Crippen LogP) is 3.09. The first-order valence-corrected chi connectivity index (χ1v) is 10.2. The number of likely N-dealkylation sites (N-methyl/N-ethyl adjacent to an activating group) is 1. The zero-order chi connectivity index (χ0) is 20.9. The van der Waals surface area contributed by atoms with Gasteiger partial charge in [0.15, 0.2) is 0 Å². The Morgan fingerprint density at radius 1 is 1.07 bits per heavy atom. The Hall–Kier alpha value is -2.58. The topological polar surface area (TPSA) is 84.9 Å². The van der Waals surface area contributed by atoms with Gasteiger partial charge in [-0.15, -0.1) is 0 Å². The van der Waals surface area contributed by atoms with Crippen molar-refractivity contribution >= 4 is 21.6 Å². The number of rotatable bonds is 8. The Bertz CT molecular complexity index is 924. The van der Waals surface area contributed by atoms with Crippen LogP contribution in [-0.2, 0) is 14.8 Å². The van der Waals surface area contributed by atoms with E-state index >= 15 is 0 Å². The lowest BCUT2D eigenvalue weighted by molar-refractivity contribution is -0.116. The molecule has 0 aliphatic carbocycles. The largest absolute Gasteiger partial charge is 0.497 e. The molecule has 152 valence electrons. The molecule has 7 nitrogen and oxygen atoms in total. The molecule has 0 aliphatic heterocycles. The van der Waals surface area contributed by atoms with Gasteiger partial charge < -0.3 is 14.8 Å². The molecule has 1 N–H and O–H groups in total. The van der Waals surface area contributed by atoms with Gasteiger partial charge in [0.2, 0.25) is 15.9 Å². The van der Waals surface area contributed by atoms with Crippen molar-refractivity contribution in [2.75, 3.05) is 33.1 Å². The van der Waals surface area contributed by atoms with Crippen LogP contribution in [0.15, 0.2) is 47.4 Å². The molecule has 2 aromatic carbocycles. The molecule has 0 aliphatic rings. The van der Waals surface area contributed by atoms with Crippen molar-refractivity contribution in [1.82, 2.24) is 4.31 Å². The van der Waals surface area contributed by atoms with E-state index in [1.54, 1.807) is 43.5 Å². The highest BCUT2D eigenvalue weighted by Crippen LogP contribution is 2.30. The van der Waals surface area contributed by atoms with Gasteiger partial charge in [0.05, 0.1) is 20.8 Å². The fraction of sp³-hybridized carbons (Fsp3) is 0.350. The summed E-state index contributed by atoms with van der Waals surface area (Å²) in [6.45, 7) is 3.62. The minimum absolute atomic E-state index is 0.0425. The van der Waals surface area contributed by atoms with Crippen LogP contribution in [0, 0.1) is 0 Å². The molecule has 0 unspecified atom stereocenters. The molecule has 8 heteroatoms. The second kappa shape index (κ2) is 9.07. The lowest BCUT2D eigenvalue weighted by atomic mass is 10.0. The van der Waals surface area contributed by atoms with Crippen molar-refractivity contribution in [3.63, 3.8) is 0 Å². The van der Waals surface area contributed by atoms with E-state index in [4.69, 9.17) is 9.47 Å². The Morgan fingerprint density at radius 2 is 1.71 bits per heavy atom. The maximum atomic E-state index is 13.0. The molecule has 0 saturated carbocycles. The average Bonchev–Trinajstić information content (AvgIpc) is 2.67. The second-order valence-corrected chi connectivity index (χ2v) is 8.62. The predicted molar refractivity (Wildman–Crippen MR) is 109 cm³/mol. The van der Waals surface area contributed by atoms with Gasteiger partial charge in [-0.05, 0) is 47.9 Å². The normalized spacial score (nSPS) is 11.5. The molecule has 0 fully saturated rings. The first-order chi connectivity index (χ1) is 13.2. The molecule has 0 spiro atoms. The van der Waals surface area contributed by atoms with Gasteiger partial charge in [0.1, 0.15) is 16.4 Å². The summed E-state index contributed by atoms with van der Waals surface area (Å²) >= 11 is 0. The van der Waals surface area contributed by atoms with Crippen molar-refractivity contribution in [1.29, 1.82) is 0 Å². The highest BCUT2D eigenvalue weighted by Gasteiger charge is 2.27. The van der Waals surface area contributed by atoms with Gasteiger partial charge in [-0.3, -0.25) is 4.79 Å². The average molecular weight is 407 g/mol. The number of nitrogens with zero attached hydrogens (tertiary/aromatic N) is 1. The summed E-state index contributed by atoms with van der Waals surface area (Å²) in [6.07, 6.45) is 0. The Morgan fingerprint density at radius 3 is 2.25 bits per heavy atom. The van der Waals surface area contributed by atoms with Crippen LogP contribution in [-0.4, -0.2) is 46.4 Å². The summed E-state index contributed by atoms with van der Waals surface area (Å²) in [5.74, 6) is 0.611. The Balaban J connectivity index is 2.18. The maximum Gasteiger partial charge on any atom is 0.246 e. The van der Waals surface area contributed by atoms with E-state index < -0.39 is 15.9 Å². The first-order valence-electron chi connectivity index (χ1n) is 8.77. The number of sulfonamides is 1. The first kappa shape index (κ1) is 21.7. The standard InChI is InChI=1S/C20H26N2O5S/c1-14(2)15-6-11-18(27-5)19(12-15)28(24,25)22(3)13-20(23)21-16-7-9-17(26-4)10-8-16/h6-12,14H,13H2,1-5H3,(H,21,23). The van der Waals surface area contributed by atoms with Crippen LogP contribution in [0.5, 0.6) is 11.5 Å². The van der Waals surface area contributed by atoms with Gasteiger partial charge in [-0.25, -0.2) is 8.42 Å². The molecule has 0 aromatic heterocycles. The molecule has 28 heavy (non-hydrogen) atoms. The smallest absolute Gasteiger partial charge is 0.246 e. The van der Waals surface area contributed by atoms with E-state index in [0.717, 1.165) is 9.87 Å². The van der Waals surface area contributed by atoms with E-state index in [1.807, 2.05) is 19.9 Å². The molecule has 0 heterocycles. The number of anilines is 1. The van der Waals surface area contributed by atoms with E-state index in [1.165, 1.54) is 14.2 Å². The number of carbonyl (C=O) groups excluding carboxylic acids is 1. The second-order valence-electron chi connectivity index (χ2n) is 6.60. The highest BCUT2D eigenvalue weighted by atomic mass is 32.2. The van der Waals surface area contributed by atoms with Crippen LogP contribution in [0.2, 0.25) is 0 Å². The third kappa shape index (κ3) is 5.02. The maximum absolute atomic E-state index is 13.0. The molecule has 0 bridgehead atoms. The number of ether oxygens (including phenoxy) is 2. The number of methoxy groups -OCH3 is 2. The lowest BCUT2D eigenvalue weighted by Crippen LogP contribution is -2.35. The van der Waals surface area contributed by atoms with Crippen molar-refractivity contribution < 1.29 is 22.7 Å². The number of nitrogens with one attached hydrogen (secondary N) is 1. The van der Waals surface area contributed by atoms with Gasteiger partial charge in [-0.1, -0.05) is 19.9 Å². The summed E-state index contributed by atoms with van der Waals surface area (Å²) in [5.41, 5.74) is 1.42. The van der Waals surface area contributed by atoms with Gasteiger partial charge in [0.25, 0.3) is 0 Å². The van der Waals surface area contributed by atoms with E-state index in [2.05, 4.69) is 5.32 Å². The van der Waals surface area contributed by atoms with Crippen LogP contribution < -0.4 is 14.8 Å². The minimum atomic E-state index is -3.91. The molecule has 0 saturated heterocycles. The molecular formula is C20H26N2O5S. The SMILES string of the molecule is COc1ccc(NC(=O)CN(C)S(=O)(=O)c2cc(C(C)C)ccc2OC)cc1. The van der Waals surface area contributed by atoms with Crippen molar-refractivity contribution in [2.24, 2.45) is 0 Å². The third-order valence-electron chi connectivity index (χ3n) is 4.28. The fourth-order valence-electron chi connectivity index (χ4n) is 2.58. The monoisotopic (exact) mass is 406 g/mol. The Kier molecular flexibility index (Phi) is 7.04. The molecule has 1 amide bonds. The number of hydrogen-bond donors (Lipinski definition) is 1. The minimum Gasteiger partial charge on any atom is -0.497 e. The van der Waals surface area contributed by atoms with Crippen LogP contribution in [0.4, 0.5) is 5.69 Å². The zero-order valence-corrected chi connectivity index (χ0v) is 17.5. The van der Waals surface area contributed by atoms with E-state index in [9.17, 15) is 13.2 Å². The van der Waals surface area contributed by atoms with E-state index in [-0.39, 0.29) is 23.1 Å². The van der Waals surface area contributed by atoms with Crippen LogP contribution in [0.1, 0.15) is 25.3 Å². The third-order valence-corrected chi connectivity index (χ3v) is 6.11. The number of amides is 1. The van der Waals surface area contributed by atoms with Crippen molar-refractivity contribution in [2.45, 2.75) is 24.7 Å². The molecule has 2 rings (SSSR count). The van der Waals surface area contributed by atoms with Gasteiger partial charge in [-0.2, -0.15) is 4.31 Å². The summed E-state index contributed by atoms with van der Waals surface area (Å²) in [4.78, 5) is 12.3. The van der Waals surface area contributed by atoms with Crippen LogP contribution in [0.25, 0.3) is 0 Å². The molecular weight excluding hydrogens is 380 g/mol. The van der Waals surface area contributed by atoms with Crippen LogP contribution >= 0.6 is 0 Å². The summed E-state index contributed by atoms with van der Waals surface area (Å²) in [5, 5.41) is 2.67. The number of hydrogen-bond acceptors (Lipinski definition) is 5. The van der Waals surface area contributed by atoms with Crippen LogP contribution in [0.3, 0.4) is 0 Å². The van der Waals surface area contributed by atoms with Gasteiger partial charge >= 0.3 is 0 Å². The van der Waals surface area contributed by atoms with Crippen molar-refractivity contribution in [3.8, 4) is 11.5 Å². The Labute approximate surface area is 166 Å². The lowest BCUT2D eigenvalue weighted by Gasteiger charge is -2.20.